The van der Waals surface area contributed by atoms with Gasteiger partial charge in [0.25, 0.3) is 0 Å². The van der Waals surface area contributed by atoms with Crippen LogP contribution in [-0.2, 0) is 14.3 Å². The average Bonchev–Trinajstić information content (AvgIpc) is 2.49. The lowest BCUT2D eigenvalue weighted by atomic mass is 10.2. The third-order valence-electron chi connectivity index (χ3n) is 2.58. The summed E-state index contributed by atoms with van der Waals surface area (Å²) in [6.07, 6.45) is 0.816. The van der Waals surface area contributed by atoms with Gasteiger partial charge < -0.3 is 15.2 Å². The minimum atomic E-state index is -0.977. The second-order valence-corrected chi connectivity index (χ2v) is 5.20. The van der Waals surface area contributed by atoms with Gasteiger partial charge >= 0.3 is 11.9 Å². The number of aromatic carboxylic acids is 1. The van der Waals surface area contributed by atoms with Gasteiger partial charge in [0.05, 0.1) is 18.4 Å². The first kappa shape index (κ1) is 17.0. The molecule has 1 amide bonds. The Hall–Kier alpha value is -2.02. The average molecular weight is 311 g/mol. The van der Waals surface area contributed by atoms with E-state index in [0.29, 0.717) is 13.0 Å². The molecule has 0 spiro atoms. The number of ether oxygens (including phenoxy) is 1. The van der Waals surface area contributed by atoms with Gasteiger partial charge in [-0.25, -0.2) is 4.79 Å². The van der Waals surface area contributed by atoms with E-state index in [1.165, 1.54) is 31.0 Å². The summed E-state index contributed by atoms with van der Waals surface area (Å²) in [6, 6.07) is 6.33. The number of benzene rings is 1. The SMILES string of the molecule is COC(=O)CCCNC(=O)CSc1ccc(C(=O)O)cc1. The van der Waals surface area contributed by atoms with Crippen molar-refractivity contribution in [3.05, 3.63) is 29.8 Å². The third kappa shape index (κ3) is 6.80. The van der Waals surface area contributed by atoms with Crippen LogP contribution in [0.5, 0.6) is 0 Å². The van der Waals surface area contributed by atoms with E-state index in [-0.39, 0.29) is 29.6 Å². The molecule has 6 nitrogen and oxygen atoms in total. The van der Waals surface area contributed by atoms with Crippen molar-refractivity contribution >= 4 is 29.6 Å². The number of rotatable bonds is 8. The Bertz CT molecular complexity index is 501. The van der Waals surface area contributed by atoms with Gasteiger partial charge in [-0.15, -0.1) is 11.8 Å². The second kappa shape index (κ2) is 9.02. The van der Waals surface area contributed by atoms with E-state index in [0.717, 1.165) is 4.90 Å². The van der Waals surface area contributed by atoms with Crippen LogP contribution in [0.25, 0.3) is 0 Å². The maximum Gasteiger partial charge on any atom is 0.335 e. The lowest BCUT2D eigenvalue weighted by Crippen LogP contribution is -2.26. The van der Waals surface area contributed by atoms with Crippen LogP contribution in [0.4, 0.5) is 0 Å². The van der Waals surface area contributed by atoms with Crippen molar-refractivity contribution in [3.8, 4) is 0 Å². The number of hydrogen-bond acceptors (Lipinski definition) is 5. The summed E-state index contributed by atoms with van der Waals surface area (Å²) in [6.45, 7) is 0.423. The summed E-state index contributed by atoms with van der Waals surface area (Å²) >= 11 is 1.32. The third-order valence-corrected chi connectivity index (χ3v) is 3.59. The number of carboxylic acid groups (broad SMARTS) is 1. The van der Waals surface area contributed by atoms with E-state index in [1.807, 2.05) is 0 Å². The van der Waals surface area contributed by atoms with Gasteiger partial charge in [-0.1, -0.05) is 0 Å². The second-order valence-electron chi connectivity index (χ2n) is 4.15. The van der Waals surface area contributed by atoms with Crippen LogP contribution in [0.2, 0.25) is 0 Å². The van der Waals surface area contributed by atoms with Crippen molar-refractivity contribution in [1.29, 1.82) is 0 Å². The molecule has 1 aromatic carbocycles. The number of nitrogens with one attached hydrogen (secondary N) is 1. The van der Waals surface area contributed by atoms with E-state index >= 15 is 0 Å². The Balaban J connectivity index is 2.23. The number of carboxylic acids is 1. The van der Waals surface area contributed by atoms with Crippen LogP contribution in [0.1, 0.15) is 23.2 Å². The molecule has 0 aliphatic heterocycles. The van der Waals surface area contributed by atoms with Gasteiger partial charge in [0.2, 0.25) is 5.91 Å². The van der Waals surface area contributed by atoms with Gasteiger partial charge in [-0.05, 0) is 30.7 Å². The fourth-order valence-electron chi connectivity index (χ4n) is 1.46. The maximum absolute atomic E-state index is 11.6. The van der Waals surface area contributed by atoms with Crippen LogP contribution >= 0.6 is 11.8 Å². The zero-order valence-corrected chi connectivity index (χ0v) is 12.4. The molecule has 0 saturated carbocycles. The number of carbonyl (C=O) groups is 3. The Labute approximate surface area is 126 Å². The molecule has 114 valence electrons. The topological polar surface area (TPSA) is 92.7 Å². The number of amides is 1. The lowest BCUT2D eigenvalue weighted by molar-refractivity contribution is -0.140. The van der Waals surface area contributed by atoms with Crippen LogP contribution in [0, 0.1) is 0 Å². The predicted molar refractivity (Wildman–Crippen MR) is 78.4 cm³/mol. The molecular weight excluding hydrogens is 294 g/mol. The van der Waals surface area contributed by atoms with Crippen LogP contribution in [0.3, 0.4) is 0 Å². The summed E-state index contributed by atoms with van der Waals surface area (Å²) in [7, 11) is 1.33. The molecule has 0 atom stereocenters. The van der Waals surface area contributed by atoms with Crippen LogP contribution < -0.4 is 5.32 Å². The fourth-order valence-corrected chi connectivity index (χ4v) is 2.18. The van der Waals surface area contributed by atoms with Gasteiger partial charge in [0, 0.05) is 17.9 Å². The minimum Gasteiger partial charge on any atom is -0.478 e. The molecule has 0 fully saturated rings. The van der Waals surface area contributed by atoms with E-state index in [2.05, 4.69) is 10.1 Å². The van der Waals surface area contributed by atoms with Gasteiger partial charge in [-0.2, -0.15) is 0 Å². The highest BCUT2D eigenvalue weighted by atomic mass is 32.2. The van der Waals surface area contributed by atoms with E-state index in [9.17, 15) is 14.4 Å². The zero-order valence-electron chi connectivity index (χ0n) is 11.6. The molecule has 21 heavy (non-hydrogen) atoms. The van der Waals surface area contributed by atoms with Crippen molar-refractivity contribution in [2.75, 3.05) is 19.4 Å². The largest absolute Gasteiger partial charge is 0.478 e. The monoisotopic (exact) mass is 311 g/mol. The maximum atomic E-state index is 11.6. The summed E-state index contributed by atoms with van der Waals surface area (Å²) in [4.78, 5) is 33.9. The van der Waals surface area contributed by atoms with Gasteiger partial charge in [-0.3, -0.25) is 9.59 Å². The summed E-state index contributed by atoms with van der Waals surface area (Å²) < 4.78 is 4.49. The molecule has 0 radical (unpaired) electrons. The normalized spacial score (nSPS) is 9.95. The van der Waals surface area contributed by atoms with Crippen molar-refractivity contribution in [2.24, 2.45) is 0 Å². The van der Waals surface area contributed by atoms with Crippen LogP contribution in [0.15, 0.2) is 29.2 Å². The van der Waals surface area contributed by atoms with Gasteiger partial charge in [0.1, 0.15) is 0 Å². The summed E-state index contributed by atoms with van der Waals surface area (Å²) in [5.41, 5.74) is 0.214. The number of methoxy groups -OCH3 is 1. The number of thioether (sulfide) groups is 1. The summed E-state index contributed by atoms with van der Waals surface area (Å²) in [5, 5.41) is 11.5. The zero-order chi connectivity index (χ0) is 15.7. The van der Waals surface area contributed by atoms with Crippen molar-refractivity contribution in [1.82, 2.24) is 5.32 Å². The molecule has 2 N–H and O–H groups in total. The minimum absolute atomic E-state index is 0.132. The molecule has 0 saturated heterocycles. The van der Waals surface area contributed by atoms with Crippen molar-refractivity contribution in [2.45, 2.75) is 17.7 Å². The Kier molecular flexibility index (Phi) is 7.31. The highest BCUT2D eigenvalue weighted by molar-refractivity contribution is 8.00. The first-order valence-corrected chi connectivity index (χ1v) is 7.31. The molecule has 0 unspecified atom stereocenters. The molecule has 0 aromatic heterocycles. The molecule has 0 aliphatic rings. The molecule has 0 heterocycles. The quantitative estimate of drug-likeness (QED) is 0.430. The molecule has 1 aromatic rings. The number of carbonyl (C=O) groups excluding carboxylic acids is 2. The van der Waals surface area contributed by atoms with E-state index in [4.69, 9.17) is 5.11 Å². The smallest absolute Gasteiger partial charge is 0.335 e. The van der Waals surface area contributed by atoms with Crippen LogP contribution in [-0.4, -0.2) is 42.4 Å². The van der Waals surface area contributed by atoms with E-state index < -0.39 is 5.97 Å². The highest BCUT2D eigenvalue weighted by Gasteiger charge is 2.05. The van der Waals surface area contributed by atoms with E-state index in [1.54, 1.807) is 12.1 Å². The van der Waals surface area contributed by atoms with Crippen molar-refractivity contribution in [3.63, 3.8) is 0 Å². The highest BCUT2D eigenvalue weighted by Crippen LogP contribution is 2.18. The Morgan fingerprint density at radius 2 is 1.90 bits per heavy atom. The lowest BCUT2D eigenvalue weighted by Gasteiger charge is -2.05. The molecular formula is C14H17NO5S. The first-order chi connectivity index (χ1) is 10.0. The molecule has 7 heteroatoms. The first-order valence-electron chi connectivity index (χ1n) is 6.32. The summed E-state index contributed by atoms with van der Waals surface area (Å²) in [5.74, 6) is -1.16. The Morgan fingerprint density at radius 3 is 2.48 bits per heavy atom. The Morgan fingerprint density at radius 1 is 1.24 bits per heavy atom. The number of hydrogen-bond donors (Lipinski definition) is 2. The van der Waals surface area contributed by atoms with Crippen molar-refractivity contribution < 1.29 is 24.2 Å². The molecule has 0 aliphatic carbocycles. The standard InChI is InChI=1S/C14H17NO5S/c1-20-13(17)3-2-8-15-12(16)9-21-11-6-4-10(5-7-11)14(18)19/h4-7H,2-3,8-9H2,1H3,(H,15,16)(H,18,19). The number of esters is 1. The van der Waals surface area contributed by atoms with Gasteiger partial charge in [0.15, 0.2) is 0 Å². The molecule has 0 bridgehead atoms. The fraction of sp³-hybridized carbons (Fsp3) is 0.357. The molecule has 1 rings (SSSR count). The predicted octanol–water partition coefficient (Wildman–Crippen LogP) is 1.55.